The molecule has 2 unspecified atom stereocenters. The van der Waals surface area contributed by atoms with Crippen LogP contribution in [0.15, 0.2) is 121 Å². The van der Waals surface area contributed by atoms with Gasteiger partial charge in [-0.3, -0.25) is 0 Å². The quantitative estimate of drug-likeness (QED) is 0.153. The van der Waals surface area contributed by atoms with Gasteiger partial charge >= 0.3 is 279 Å². The molecule has 45 heavy (non-hydrogen) atoms. The van der Waals surface area contributed by atoms with Crippen molar-refractivity contribution in [2.45, 2.75) is 41.1 Å². The first-order valence-electron chi connectivity index (χ1n) is 16.0. The van der Waals surface area contributed by atoms with E-state index in [-0.39, 0.29) is 7.25 Å². The van der Waals surface area contributed by atoms with Gasteiger partial charge in [-0.15, -0.1) is 0 Å². The summed E-state index contributed by atoms with van der Waals surface area (Å²) in [5, 5.41) is 0. The molecule has 0 fully saturated rings. The second-order valence-corrected chi connectivity index (χ2v) is 55.9. The summed E-state index contributed by atoms with van der Waals surface area (Å²) in [4.78, 5) is 0. The van der Waals surface area contributed by atoms with Gasteiger partial charge in [0, 0.05) is 0 Å². The molecule has 4 heteroatoms. The first kappa shape index (κ1) is 30.9. The number of hydrogen-bond donors (Lipinski definition) is 0. The Balaban J connectivity index is 1.51. The second-order valence-electron chi connectivity index (χ2n) is 13.4. The SMILES string of the molecule is CC1=Cc2c(-c3ccccc3)ccc(C)c2[CH]1[Zr]([Cl])([Cl])([CH]1C(c2ccc(C)cc2)=Cc2c(-c3ccccc3)cccc21)[SiH](C)C. The summed E-state index contributed by atoms with van der Waals surface area (Å²) < 4.78 is 0.0344. The van der Waals surface area contributed by atoms with Gasteiger partial charge in [0.2, 0.25) is 0 Å². The van der Waals surface area contributed by atoms with Crippen LogP contribution in [0.4, 0.5) is 0 Å². The van der Waals surface area contributed by atoms with Gasteiger partial charge in [-0.05, 0) is 0 Å². The predicted molar refractivity (Wildman–Crippen MR) is 197 cm³/mol. The summed E-state index contributed by atoms with van der Waals surface area (Å²) in [5.41, 5.74) is 16.6. The van der Waals surface area contributed by atoms with Gasteiger partial charge in [0.1, 0.15) is 0 Å². The minimum absolute atomic E-state index is 0.0121. The first-order valence-corrected chi connectivity index (χ1v) is 32.3. The summed E-state index contributed by atoms with van der Waals surface area (Å²) in [6.07, 6.45) is 4.85. The Morgan fingerprint density at radius 3 is 1.76 bits per heavy atom. The van der Waals surface area contributed by atoms with Gasteiger partial charge in [0.15, 0.2) is 0 Å². The molecule has 7 rings (SSSR count). The summed E-state index contributed by atoms with van der Waals surface area (Å²) in [5.74, 6) is -1.69. The molecule has 0 spiro atoms. The molecule has 225 valence electrons. The van der Waals surface area contributed by atoms with Crippen molar-refractivity contribution >= 4 is 40.7 Å². The molecule has 0 heterocycles. The van der Waals surface area contributed by atoms with E-state index >= 15 is 0 Å². The van der Waals surface area contributed by atoms with E-state index in [1.165, 1.54) is 72.3 Å². The van der Waals surface area contributed by atoms with Gasteiger partial charge in [-0.25, -0.2) is 0 Å². The number of fused-ring (bicyclic) bond motifs is 2. The number of benzene rings is 5. The zero-order valence-corrected chi connectivity index (χ0v) is 31.7. The third kappa shape index (κ3) is 4.87. The van der Waals surface area contributed by atoms with Crippen LogP contribution in [0.5, 0.6) is 0 Å². The number of rotatable bonds is 6. The van der Waals surface area contributed by atoms with E-state index < -0.39 is 21.5 Å². The van der Waals surface area contributed by atoms with Crippen LogP contribution < -0.4 is 0 Å². The molecule has 0 bridgehead atoms. The van der Waals surface area contributed by atoms with Crippen molar-refractivity contribution in [2.24, 2.45) is 0 Å². The first-order chi connectivity index (χ1) is 21.6. The van der Waals surface area contributed by atoms with Crippen LogP contribution in [0, 0.1) is 13.8 Å². The third-order valence-corrected chi connectivity index (χ3v) is 62.3. The third-order valence-electron chi connectivity index (χ3n) is 10.4. The van der Waals surface area contributed by atoms with Gasteiger partial charge in [-0.2, -0.15) is 0 Å². The van der Waals surface area contributed by atoms with Crippen molar-refractivity contribution in [1.29, 1.82) is 0 Å². The molecular weight excluding hydrogens is 683 g/mol. The van der Waals surface area contributed by atoms with Crippen LogP contribution in [0.25, 0.3) is 40.0 Å². The fourth-order valence-electron chi connectivity index (χ4n) is 8.10. The van der Waals surface area contributed by atoms with E-state index in [1.807, 2.05) is 0 Å². The molecule has 0 nitrogen and oxygen atoms in total. The second kappa shape index (κ2) is 11.5. The molecule has 0 aliphatic heterocycles. The van der Waals surface area contributed by atoms with Crippen molar-refractivity contribution in [1.82, 2.24) is 0 Å². The van der Waals surface area contributed by atoms with E-state index in [1.54, 1.807) is 0 Å². The summed E-state index contributed by atoms with van der Waals surface area (Å²) in [6.45, 7) is 11.6. The van der Waals surface area contributed by atoms with Gasteiger partial charge in [0.05, 0.1) is 0 Å². The summed E-state index contributed by atoms with van der Waals surface area (Å²) in [6, 6.07) is 41.9. The molecule has 0 radical (unpaired) electrons. The molecule has 0 saturated carbocycles. The monoisotopic (exact) mass is 719 g/mol. The summed E-state index contributed by atoms with van der Waals surface area (Å²) >= 11 is -4.94. The number of halogens is 2. The molecule has 2 aliphatic rings. The number of hydrogen-bond acceptors (Lipinski definition) is 0. The van der Waals surface area contributed by atoms with Crippen molar-refractivity contribution in [3.63, 3.8) is 0 Å². The maximum atomic E-state index is 8.69. The fraction of sp³-hybridized carbons (Fsp3) is 0.171. The molecule has 0 amide bonds. The van der Waals surface area contributed by atoms with Gasteiger partial charge in [-0.1, -0.05) is 0 Å². The Bertz CT molecular complexity index is 1990. The Morgan fingerprint density at radius 2 is 1.16 bits per heavy atom. The molecule has 5 aromatic carbocycles. The zero-order chi connectivity index (χ0) is 31.5. The summed E-state index contributed by atoms with van der Waals surface area (Å²) in [7, 11) is 17.4. The molecule has 2 atom stereocenters. The van der Waals surface area contributed by atoms with E-state index in [4.69, 9.17) is 17.0 Å². The normalized spacial score (nSPS) is 18.2. The average Bonchev–Trinajstić information content (AvgIpc) is 3.62. The van der Waals surface area contributed by atoms with Crippen molar-refractivity contribution in [2.75, 3.05) is 0 Å². The van der Waals surface area contributed by atoms with Crippen LogP contribution in [-0.2, 0) is 15.6 Å². The Labute approximate surface area is 277 Å². The molecule has 0 N–H and O–H groups in total. The van der Waals surface area contributed by atoms with Crippen LogP contribution in [0.3, 0.4) is 0 Å². The van der Waals surface area contributed by atoms with E-state index in [9.17, 15) is 0 Å². The predicted octanol–water partition coefficient (Wildman–Crippen LogP) is 12.4. The molecule has 2 aliphatic carbocycles. The van der Waals surface area contributed by atoms with Crippen LogP contribution in [-0.4, -0.2) is 5.92 Å². The van der Waals surface area contributed by atoms with E-state index in [0.717, 1.165) is 0 Å². The number of allylic oxidation sites excluding steroid dienone is 2. The van der Waals surface area contributed by atoms with E-state index in [2.05, 4.69) is 161 Å². The molecule has 0 saturated heterocycles. The van der Waals surface area contributed by atoms with Crippen LogP contribution >= 0.6 is 17.0 Å². The molecular formula is C41H39Cl2SiZr. The number of aryl methyl sites for hydroxylation is 2. The van der Waals surface area contributed by atoms with Gasteiger partial charge < -0.3 is 0 Å². The van der Waals surface area contributed by atoms with Crippen molar-refractivity contribution in [3.8, 4) is 22.3 Å². The zero-order valence-electron chi connectivity index (χ0n) is 26.6. The fourth-order valence-corrected chi connectivity index (χ4v) is 39.7. The molecule has 0 aromatic heterocycles. The van der Waals surface area contributed by atoms with Crippen LogP contribution in [0.1, 0.15) is 53.1 Å². The van der Waals surface area contributed by atoms with Crippen molar-refractivity contribution in [3.05, 3.63) is 160 Å². The minimum atomic E-state index is -4.94. The van der Waals surface area contributed by atoms with E-state index in [0.29, 0.717) is 0 Å². The van der Waals surface area contributed by atoms with Crippen LogP contribution in [0.2, 0.25) is 13.1 Å². The maximum absolute atomic E-state index is 8.69. The Kier molecular flexibility index (Phi) is 7.89. The topological polar surface area (TPSA) is 0 Å². The van der Waals surface area contributed by atoms with Crippen molar-refractivity contribution < 1.29 is 15.6 Å². The molecule has 5 aromatic rings. The standard InChI is InChI=1S/C22H17.C17H15.C2H7Si.2ClH.Zr/c1-16-10-12-17(13-11-16)20-14-19-8-5-9-21(22(19)15-20)18-6-3-2-4-7-18;1-12-10-16-13(2)8-9-15(17(16)11-12)14-6-4-3-5-7-14;1-3-2;;;/h2-15H,1H3;3-11H,1-2H3;3H,1-2H3;2*1H;/q;;;;;+2/p-2. The van der Waals surface area contributed by atoms with Gasteiger partial charge in [0.25, 0.3) is 0 Å². The Morgan fingerprint density at radius 1 is 0.556 bits per heavy atom. The average molecular weight is 722 g/mol. The Hall–Kier alpha value is -2.74.